The molecule has 2 aromatic carbocycles. The van der Waals surface area contributed by atoms with Crippen LogP contribution in [0.15, 0.2) is 70.9 Å². The molecular weight excluding hydrogens is 434 g/mol. The lowest BCUT2D eigenvalue weighted by Crippen LogP contribution is -2.27. The molecule has 3 aromatic rings. The molecule has 1 aromatic heterocycles. The molecule has 0 saturated heterocycles. The lowest BCUT2D eigenvalue weighted by molar-refractivity contribution is 0.0785. The Hall–Kier alpha value is -3.01. The molecule has 0 saturated carbocycles. The van der Waals surface area contributed by atoms with Gasteiger partial charge in [-0.05, 0) is 59.8 Å². The van der Waals surface area contributed by atoms with Gasteiger partial charge in [-0.2, -0.15) is 0 Å². The Morgan fingerprint density at radius 1 is 1.03 bits per heavy atom. The van der Waals surface area contributed by atoms with Crippen molar-refractivity contribution in [1.82, 2.24) is 9.62 Å². The number of hydrogen-bond donors (Lipinski definition) is 2. The topological polar surface area (TPSA) is 110 Å². The second-order valence-corrected chi connectivity index (χ2v) is 9.78. The molecule has 0 aliphatic rings. The number of rotatable bonds is 9. The van der Waals surface area contributed by atoms with Gasteiger partial charge in [0.1, 0.15) is 0 Å². The number of carbonyl (C=O) groups is 2. The van der Waals surface area contributed by atoms with Crippen LogP contribution in [0.4, 0.5) is 0 Å². The zero-order valence-electron chi connectivity index (χ0n) is 16.9. The lowest BCUT2D eigenvalue weighted by atomic mass is 10.1. The van der Waals surface area contributed by atoms with Crippen LogP contribution in [0, 0.1) is 0 Å². The van der Waals surface area contributed by atoms with E-state index in [4.69, 9.17) is 5.73 Å². The van der Waals surface area contributed by atoms with E-state index in [1.165, 1.54) is 29.2 Å². The number of hydrogen-bond acceptors (Lipinski definition) is 5. The van der Waals surface area contributed by atoms with E-state index in [0.29, 0.717) is 24.1 Å². The van der Waals surface area contributed by atoms with Gasteiger partial charge < -0.3 is 10.6 Å². The molecule has 0 aliphatic carbocycles. The number of sulfonamides is 1. The Labute approximate surface area is 185 Å². The van der Waals surface area contributed by atoms with Crippen molar-refractivity contribution in [3.8, 4) is 0 Å². The number of nitrogens with one attached hydrogen (secondary N) is 1. The second-order valence-electron chi connectivity index (χ2n) is 6.98. The third kappa shape index (κ3) is 6.00. The highest BCUT2D eigenvalue weighted by atomic mass is 32.2. The van der Waals surface area contributed by atoms with Gasteiger partial charge in [-0.15, -0.1) is 11.3 Å². The van der Waals surface area contributed by atoms with Crippen molar-refractivity contribution in [1.29, 1.82) is 0 Å². The molecule has 0 spiro atoms. The minimum Gasteiger partial charge on any atom is -0.366 e. The minimum absolute atomic E-state index is 0.104. The fourth-order valence-corrected chi connectivity index (χ4v) is 4.75. The number of benzene rings is 2. The highest BCUT2D eigenvalue weighted by molar-refractivity contribution is 7.89. The van der Waals surface area contributed by atoms with Crippen molar-refractivity contribution in [2.45, 2.75) is 17.9 Å². The molecule has 0 aliphatic heterocycles. The van der Waals surface area contributed by atoms with Crippen LogP contribution in [0.1, 0.15) is 31.2 Å². The van der Waals surface area contributed by atoms with Crippen molar-refractivity contribution in [3.63, 3.8) is 0 Å². The highest BCUT2D eigenvalue weighted by Crippen LogP contribution is 2.15. The second kappa shape index (κ2) is 9.86. The summed E-state index contributed by atoms with van der Waals surface area (Å²) in [5.41, 5.74) is 6.80. The summed E-state index contributed by atoms with van der Waals surface area (Å²) < 4.78 is 27.5. The molecule has 9 heteroatoms. The number of primary amides is 1. The van der Waals surface area contributed by atoms with E-state index in [-0.39, 0.29) is 17.3 Å². The summed E-state index contributed by atoms with van der Waals surface area (Å²) in [6, 6.07) is 16.5. The smallest absolute Gasteiger partial charge is 0.253 e. The molecule has 3 rings (SSSR count). The average molecular weight is 458 g/mol. The molecule has 0 bridgehead atoms. The Morgan fingerprint density at radius 3 is 2.42 bits per heavy atom. The Kier molecular flexibility index (Phi) is 7.21. The number of amides is 2. The molecule has 7 nitrogen and oxygen atoms in total. The van der Waals surface area contributed by atoms with E-state index >= 15 is 0 Å². The number of thiophene rings is 1. The normalized spacial score (nSPS) is 11.3. The third-order valence-electron chi connectivity index (χ3n) is 4.63. The standard InChI is InChI=1S/C22H23N3O4S2/c1-25(15-16-4-2-5-18(14-16)21(23)26)22(27)17-7-9-20(10-8-17)31(28,29)24-12-11-19-6-3-13-30-19/h2-10,13-14,24H,11-12,15H2,1H3,(H2,23,26). The number of carbonyl (C=O) groups excluding carboxylic acids is 2. The first-order chi connectivity index (χ1) is 14.8. The SMILES string of the molecule is CN(Cc1cccc(C(N)=O)c1)C(=O)c1ccc(S(=O)(=O)NCCc2cccs2)cc1. The van der Waals surface area contributed by atoms with Crippen molar-refractivity contribution >= 4 is 33.2 Å². The highest BCUT2D eigenvalue weighted by Gasteiger charge is 2.17. The van der Waals surface area contributed by atoms with Gasteiger partial charge in [0.25, 0.3) is 5.91 Å². The average Bonchev–Trinajstić information content (AvgIpc) is 3.27. The Balaban J connectivity index is 1.62. The van der Waals surface area contributed by atoms with Crippen LogP contribution < -0.4 is 10.5 Å². The first-order valence-electron chi connectivity index (χ1n) is 9.52. The first-order valence-corrected chi connectivity index (χ1v) is 11.9. The number of nitrogens with zero attached hydrogens (tertiary/aromatic N) is 1. The Bertz CT molecular complexity index is 1160. The zero-order chi connectivity index (χ0) is 22.4. The first kappa shape index (κ1) is 22.7. The summed E-state index contributed by atoms with van der Waals surface area (Å²) in [6.45, 7) is 0.584. The molecule has 0 fully saturated rings. The monoisotopic (exact) mass is 457 g/mol. The van der Waals surface area contributed by atoms with Crippen molar-refractivity contribution in [2.24, 2.45) is 5.73 Å². The van der Waals surface area contributed by atoms with Crippen molar-refractivity contribution < 1.29 is 18.0 Å². The van der Waals surface area contributed by atoms with Crippen LogP contribution in [0.2, 0.25) is 0 Å². The molecule has 3 N–H and O–H groups in total. The molecule has 0 atom stereocenters. The van der Waals surface area contributed by atoms with E-state index in [0.717, 1.165) is 10.4 Å². The van der Waals surface area contributed by atoms with E-state index in [2.05, 4.69) is 4.72 Å². The van der Waals surface area contributed by atoms with Gasteiger partial charge >= 0.3 is 0 Å². The zero-order valence-corrected chi connectivity index (χ0v) is 18.6. The van der Waals surface area contributed by atoms with Gasteiger partial charge in [0.05, 0.1) is 4.90 Å². The lowest BCUT2D eigenvalue weighted by Gasteiger charge is -2.18. The number of nitrogens with two attached hydrogens (primary N) is 1. The van der Waals surface area contributed by atoms with Crippen molar-refractivity contribution in [3.05, 3.63) is 87.6 Å². The fraction of sp³-hybridized carbons (Fsp3) is 0.182. The maximum absolute atomic E-state index is 12.7. The van der Waals surface area contributed by atoms with Crippen LogP contribution in [0.3, 0.4) is 0 Å². The predicted octanol–water partition coefficient (Wildman–Crippen LogP) is 2.64. The van der Waals surface area contributed by atoms with E-state index < -0.39 is 15.9 Å². The fourth-order valence-electron chi connectivity index (χ4n) is 3.01. The van der Waals surface area contributed by atoms with Crippen LogP contribution in [-0.2, 0) is 23.0 Å². The summed E-state index contributed by atoms with van der Waals surface area (Å²) in [6.07, 6.45) is 0.620. The van der Waals surface area contributed by atoms with Crippen LogP contribution in [0.5, 0.6) is 0 Å². The molecule has 1 heterocycles. The molecule has 2 amide bonds. The van der Waals surface area contributed by atoms with Gasteiger partial charge in [-0.1, -0.05) is 18.2 Å². The predicted molar refractivity (Wildman–Crippen MR) is 120 cm³/mol. The van der Waals surface area contributed by atoms with Crippen LogP contribution in [-0.4, -0.2) is 38.7 Å². The third-order valence-corrected chi connectivity index (χ3v) is 7.05. The quantitative estimate of drug-likeness (QED) is 0.515. The van der Waals surface area contributed by atoms with E-state index in [1.807, 2.05) is 17.5 Å². The summed E-state index contributed by atoms with van der Waals surface area (Å²) in [7, 11) is -2.02. The van der Waals surface area contributed by atoms with Gasteiger partial charge in [0, 0.05) is 36.1 Å². The summed E-state index contributed by atoms with van der Waals surface area (Å²) >= 11 is 1.58. The Morgan fingerprint density at radius 2 is 1.77 bits per heavy atom. The molecule has 0 radical (unpaired) electrons. The van der Waals surface area contributed by atoms with Crippen molar-refractivity contribution in [2.75, 3.05) is 13.6 Å². The molecule has 31 heavy (non-hydrogen) atoms. The molecular formula is C22H23N3O4S2. The van der Waals surface area contributed by atoms with E-state index in [9.17, 15) is 18.0 Å². The maximum atomic E-state index is 12.7. The summed E-state index contributed by atoms with van der Waals surface area (Å²) in [5, 5.41) is 1.95. The molecule has 162 valence electrons. The van der Waals surface area contributed by atoms with Gasteiger partial charge in [0.15, 0.2) is 0 Å². The van der Waals surface area contributed by atoms with Gasteiger partial charge in [-0.25, -0.2) is 13.1 Å². The van der Waals surface area contributed by atoms with Crippen LogP contribution >= 0.6 is 11.3 Å². The minimum atomic E-state index is -3.65. The van der Waals surface area contributed by atoms with Crippen LogP contribution in [0.25, 0.3) is 0 Å². The molecule has 0 unspecified atom stereocenters. The van der Waals surface area contributed by atoms with Gasteiger partial charge in [-0.3, -0.25) is 9.59 Å². The largest absolute Gasteiger partial charge is 0.366 e. The summed E-state index contributed by atoms with van der Waals surface area (Å²) in [5.74, 6) is -0.796. The van der Waals surface area contributed by atoms with E-state index in [1.54, 1.807) is 42.6 Å². The maximum Gasteiger partial charge on any atom is 0.253 e. The van der Waals surface area contributed by atoms with Gasteiger partial charge in [0.2, 0.25) is 15.9 Å². The summed E-state index contributed by atoms with van der Waals surface area (Å²) in [4.78, 5) is 26.7.